The molecular formula is C66H70N2. The third kappa shape index (κ3) is 6.78. The average molecular weight is 891 g/mol. The number of fused-ring (bicyclic) bond motifs is 9. The van der Waals surface area contributed by atoms with E-state index in [0.29, 0.717) is 0 Å². The maximum atomic E-state index is 2.63. The summed E-state index contributed by atoms with van der Waals surface area (Å²) in [6, 6.07) is 51.3. The fraction of sp³-hybridized carbons (Fsp3) is 0.364. The van der Waals surface area contributed by atoms with E-state index in [1.165, 1.54) is 142 Å². The molecule has 0 fully saturated rings. The molecule has 0 atom stereocenters. The molecule has 0 saturated heterocycles. The Bertz CT molecular complexity index is 3400. The molecule has 8 aromatic rings. The Hall–Kier alpha value is -5.86. The van der Waals surface area contributed by atoms with Gasteiger partial charge >= 0.3 is 0 Å². The number of nitrogens with zero attached hydrogens (tertiary/aromatic N) is 2. The summed E-state index contributed by atoms with van der Waals surface area (Å²) >= 11 is 0. The zero-order valence-corrected chi connectivity index (χ0v) is 42.7. The van der Waals surface area contributed by atoms with Crippen LogP contribution in [0, 0.1) is 0 Å². The van der Waals surface area contributed by atoms with Crippen molar-refractivity contribution in [3.05, 3.63) is 177 Å². The minimum Gasteiger partial charge on any atom is -0.310 e. The molecule has 2 heteroatoms. The van der Waals surface area contributed by atoms with Gasteiger partial charge in [0.25, 0.3) is 0 Å². The Morgan fingerprint density at radius 2 is 0.735 bits per heavy atom. The van der Waals surface area contributed by atoms with Gasteiger partial charge in [-0.25, -0.2) is 0 Å². The Labute approximate surface area is 406 Å². The van der Waals surface area contributed by atoms with E-state index < -0.39 is 0 Å². The molecule has 344 valence electrons. The van der Waals surface area contributed by atoms with Gasteiger partial charge in [0.05, 0.1) is 11.4 Å². The van der Waals surface area contributed by atoms with E-state index in [1.807, 2.05) is 0 Å². The summed E-state index contributed by atoms with van der Waals surface area (Å²) < 4.78 is 0. The Morgan fingerprint density at radius 1 is 0.338 bits per heavy atom. The lowest BCUT2D eigenvalue weighted by Gasteiger charge is -2.32. The molecule has 2 nitrogen and oxygen atoms in total. The third-order valence-electron chi connectivity index (χ3n) is 17.7. The average Bonchev–Trinajstić information content (AvgIpc) is 4.00. The van der Waals surface area contributed by atoms with Gasteiger partial charge in [-0.2, -0.15) is 0 Å². The minimum atomic E-state index is -0.0309. The molecule has 0 saturated carbocycles. The highest BCUT2D eigenvalue weighted by Crippen LogP contribution is 2.52. The molecule has 0 radical (unpaired) electrons. The maximum absolute atomic E-state index is 2.63. The van der Waals surface area contributed by atoms with Crippen molar-refractivity contribution in [1.29, 1.82) is 0 Å². The van der Waals surface area contributed by atoms with E-state index in [0.717, 1.165) is 25.7 Å². The first-order valence-corrected chi connectivity index (χ1v) is 25.8. The van der Waals surface area contributed by atoms with Gasteiger partial charge in [-0.15, -0.1) is 0 Å². The van der Waals surface area contributed by atoms with Crippen LogP contribution in [0.15, 0.2) is 127 Å². The van der Waals surface area contributed by atoms with Crippen molar-refractivity contribution in [2.75, 3.05) is 9.80 Å². The van der Waals surface area contributed by atoms with E-state index in [-0.39, 0.29) is 27.1 Å². The van der Waals surface area contributed by atoms with Crippen LogP contribution in [-0.2, 0) is 52.8 Å². The molecule has 0 unspecified atom stereocenters. The topological polar surface area (TPSA) is 6.48 Å². The highest BCUT2D eigenvalue weighted by Gasteiger charge is 2.36. The molecule has 0 heterocycles. The highest BCUT2D eigenvalue weighted by molar-refractivity contribution is 6.24. The van der Waals surface area contributed by atoms with E-state index in [1.54, 1.807) is 0 Å². The summed E-state index contributed by atoms with van der Waals surface area (Å²) in [5, 5.41) is 7.70. The van der Waals surface area contributed by atoms with Crippen LogP contribution in [0.2, 0.25) is 0 Å². The summed E-state index contributed by atoms with van der Waals surface area (Å²) in [6.45, 7) is 26.5. The SMILES string of the molecule is CC(C)(C)c1ccc2c(c1)c(N(c1ccc3c(c1)CCC3(C)C)c1ccc3c(c1)C(C)(C)CC3)cc1c3ccccc3c(N(c3ccc4c(c3)CCC4(C)C)c3ccc4c(c3)C(C)(C)CC4)cc21. The van der Waals surface area contributed by atoms with Crippen molar-refractivity contribution in [3.8, 4) is 0 Å². The second kappa shape index (κ2) is 14.8. The molecule has 0 spiro atoms. The van der Waals surface area contributed by atoms with Crippen molar-refractivity contribution >= 4 is 66.4 Å². The fourth-order valence-electron chi connectivity index (χ4n) is 13.3. The quantitative estimate of drug-likeness (QED) is 0.154. The van der Waals surface area contributed by atoms with Gasteiger partial charge < -0.3 is 9.80 Å². The molecule has 0 bridgehead atoms. The lowest BCUT2D eigenvalue weighted by atomic mass is 9.84. The molecule has 8 aromatic carbocycles. The van der Waals surface area contributed by atoms with Crippen LogP contribution in [0.4, 0.5) is 34.1 Å². The number of aryl methyl sites for hydroxylation is 4. The summed E-state index contributed by atoms with van der Waals surface area (Å²) in [5.41, 5.74) is 21.3. The second-order valence-corrected chi connectivity index (χ2v) is 25.0. The van der Waals surface area contributed by atoms with Gasteiger partial charge in [0.2, 0.25) is 0 Å². The van der Waals surface area contributed by atoms with Gasteiger partial charge in [0.15, 0.2) is 0 Å². The van der Waals surface area contributed by atoms with Gasteiger partial charge in [-0.1, -0.05) is 137 Å². The second-order valence-electron chi connectivity index (χ2n) is 25.0. The molecule has 12 rings (SSSR count). The van der Waals surface area contributed by atoms with Crippen molar-refractivity contribution in [2.24, 2.45) is 0 Å². The van der Waals surface area contributed by atoms with E-state index in [9.17, 15) is 0 Å². The van der Waals surface area contributed by atoms with E-state index in [4.69, 9.17) is 0 Å². The van der Waals surface area contributed by atoms with Crippen LogP contribution in [0.5, 0.6) is 0 Å². The molecule has 0 amide bonds. The van der Waals surface area contributed by atoms with E-state index >= 15 is 0 Å². The summed E-state index contributed by atoms with van der Waals surface area (Å²) in [5.74, 6) is 0. The lowest BCUT2D eigenvalue weighted by molar-refractivity contribution is 0.522. The van der Waals surface area contributed by atoms with Crippen molar-refractivity contribution < 1.29 is 0 Å². The number of hydrogen-bond acceptors (Lipinski definition) is 2. The van der Waals surface area contributed by atoms with Gasteiger partial charge in [-0.05, 0) is 217 Å². The standard InChI is InChI=1S/C66H70N2/c1-62(2,3)45-18-23-51-54-39-60(67(46-21-24-56-43(34-46)28-32-63(56,4)5)48-19-16-41-26-30-65(8,9)58(41)37-48)52-15-13-12-14-50(52)53(54)40-61(55(51)36-45)68(47-22-25-57-44(35-47)29-33-64(57,6)7)49-20-17-42-27-31-66(10,11)59(42)38-49/h12-25,34-40H,26-33H2,1-11H3. The van der Waals surface area contributed by atoms with Crippen molar-refractivity contribution in [2.45, 2.75) is 155 Å². The molecule has 0 N–H and O–H groups in total. The smallest absolute Gasteiger partial charge is 0.0546 e. The predicted molar refractivity (Wildman–Crippen MR) is 292 cm³/mol. The predicted octanol–water partition coefficient (Wildman–Crippen LogP) is 18.3. The number of rotatable bonds is 6. The maximum Gasteiger partial charge on any atom is 0.0546 e. The van der Waals surface area contributed by atoms with Crippen molar-refractivity contribution in [3.63, 3.8) is 0 Å². The number of benzene rings is 8. The first kappa shape index (κ1) is 43.4. The molecule has 0 aromatic heterocycles. The molecular weight excluding hydrogens is 821 g/mol. The lowest BCUT2D eigenvalue weighted by Crippen LogP contribution is -2.16. The van der Waals surface area contributed by atoms with Crippen LogP contribution in [-0.4, -0.2) is 0 Å². The summed E-state index contributed by atoms with van der Waals surface area (Å²) in [7, 11) is 0. The number of hydrogen-bond donors (Lipinski definition) is 0. The zero-order valence-electron chi connectivity index (χ0n) is 42.7. The fourth-order valence-corrected chi connectivity index (χ4v) is 13.3. The van der Waals surface area contributed by atoms with E-state index in [2.05, 4.69) is 213 Å². The summed E-state index contributed by atoms with van der Waals surface area (Å²) in [4.78, 5) is 5.23. The highest BCUT2D eigenvalue weighted by atomic mass is 15.2. The molecule has 68 heavy (non-hydrogen) atoms. The Balaban J connectivity index is 1.16. The van der Waals surface area contributed by atoms with Crippen LogP contribution in [0.1, 0.15) is 152 Å². The Morgan fingerprint density at radius 3 is 1.22 bits per heavy atom. The first-order valence-electron chi connectivity index (χ1n) is 25.8. The zero-order chi connectivity index (χ0) is 47.3. The van der Waals surface area contributed by atoms with Crippen LogP contribution >= 0.6 is 0 Å². The molecule has 4 aliphatic carbocycles. The van der Waals surface area contributed by atoms with Crippen LogP contribution < -0.4 is 9.80 Å². The largest absolute Gasteiger partial charge is 0.310 e. The first-order chi connectivity index (χ1) is 32.3. The van der Waals surface area contributed by atoms with Crippen LogP contribution in [0.25, 0.3) is 32.3 Å². The van der Waals surface area contributed by atoms with Gasteiger partial charge in [0.1, 0.15) is 0 Å². The summed E-state index contributed by atoms with van der Waals surface area (Å²) in [6.07, 6.45) is 9.26. The van der Waals surface area contributed by atoms with Crippen LogP contribution in [0.3, 0.4) is 0 Å². The monoisotopic (exact) mass is 891 g/mol. The number of anilines is 6. The normalized spacial score (nSPS) is 18.2. The molecule has 4 aliphatic rings. The van der Waals surface area contributed by atoms with Gasteiger partial charge in [-0.3, -0.25) is 0 Å². The van der Waals surface area contributed by atoms with Gasteiger partial charge in [0, 0.05) is 33.5 Å². The minimum absolute atomic E-state index is 0.0309. The van der Waals surface area contributed by atoms with Crippen molar-refractivity contribution in [1.82, 2.24) is 0 Å². The Kier molecular flexibility index (Phi) is 9.47. The molecule has 0 aliphatic heterocycles. The third-order valence-corrected chi connectivity index (χ3v) is 17.7.